The number of H-pyrrole nitrogens is 1. The molecular weight excluding hydrogens is 472 g/mol. The molecule has 0 unspecified atom stereocenters. The fraction of sp³-hybridized carbons (Fsp3) is 0.345. The van der Waals surface area contributed by atoms with Crippen LogP contribution in [-0.2, 0) is 15.9 Å². The maximum atomic E-state index is 11.5. The molecule has 2 aliphatic heterocycles. The van der Waals surface area contributed by atoms with Crippen LogP contribution in [0, 0.1) is 0 Å². The minimum absolute atomic E-state index is 0.274. The molecule has 1 spiro atoms. The Morgan fingerprint density at radius 2 is 1.70 bits per heavy atom. The first kappa shape index (κ1) is 23.6. The van der Waals surface area contributed by atoms with Crippen LogP contribution in [0.4, 0.5) is 10.5 Å². The average Bonchev–Trinajstić information content (AvgIpc) is 3.51. The third-order valence-corrected chi connectivity index (χ3v) is 7.33. The van der Waals surface area contributed by atoms with Gasteiger partial charge in [-0.25, -0.2) is 4.79 Å². The lowest BCUT2D eigenvalue weighted by molar-refractivity contribution is -0.169. The van der Waals surface area contributed by atoms with E-state index < -0.39 is 11.9 Å². The number of aryl methyl sites for hydroxylation is 1. The number of para-hydroxylation sites is 1. The van der Waals surface area contributed by atoms with Crippen LogP contribution < -0.4 is 14.4 Å². The van der Waals surface area contributed by atoms with Crippen LogP contribution in [0.5, 0.6) is 11.6 Å². The predicted molar refractivity (Wildman–Crippen MR) is 141 cm³/mol. The molecule has 1 aromatic heterocycles. The number of nitrogens with one attached hydrogen (secondary N) is 1. The number of rotatable bonds is 7. The van der Waals surface area contributed by atoms with Gasteiger partial charge < -0.3 is 33.9 Å². The molecule has 8 heteroatoms. The van der Waals surface area contributed by atoms with E-state index in [1.807, 2.05) is 36.4 Å². The maximum Gasteiger partial charge on any atom is 0.512 e. The van der Waals surface area contributed by atoms with Gasteiger partial charge in [-0.3, -0.25) is 0 Å². The van der Waals surface area contributed by atoms with Gasteiger partial charge in [0.05, 0.1) is 31.0 Å². The van der Waals surface area contributed by atoms with Crippen LogP contribution in [0.3, 0.4) is 0 Å². The van der Waals surface area contributed by atoms with Crippen molar-refractivity contribution in [2.75, 3.05) is 37.8 Å². The number of anilines is 1. The molecule has 2 fully saturated rings. The second-order valence-electron chi connectivity index (χ2n) is 9.52. The van der Waals surface area contributed by atoms with Gasteiger partial charge >= 0.3 is 6.16 Å². The summed E-state index contributed by atoms with van der Waals surface area (Å²) in [7, 11) is 0. The zero-order chi connectivity index (χ0) is 25.2. The number of piperidine rings is 1. The first-order valence-electron chi connectivity index (χ1n) is 12.8. The van der Waals surface area contributed by atoms with Gasteiger partial charge in [0, 0.05) is 42.3 Å². The number of ether oxygens (including phenoxy) is 4. The van der Waals surface area contributed by atoms with Crippen LogP contribution in [0.1, 0.15) is 24.8 Å². The molecule has 0 aliphatic carbocycles. The molecule has 2 aliphatic rings. The lowest BCUT2D eigenvalue weighted by atomic mass is 10.0. The number of carbonyl (C=O) groups is 1. The van der Waals surface area contributed by atoms with Crippen molar-refractivity contribution >= 4 is 33.5 Å². The van der Waals surface area contributed by atoms with Crippen LogP contribution >= 0.6 is 0 Å². The zero-order valence-electron chi connectivity index (χ0n) is 20.6. The van der Waals surface area contributed by atoms with E-state index in [9.17, 15) is 9.90 Å². The van der Waals surface area contributed by atoms with Gasteiger partial charge in [0.25, 0.3) is 0 Å². The molecule has 0 bridgehead atoms. The molecule has 3 heterocycles. The van der Waals surface area contributed by atoms with E-state index in [-0.39, 0.29) is 5.88 Å². The van der Waals surface area contributed by atoms with E-state index in [0.29, 0.717) is 32.7 Å². The number of benzene rings is 3. The smallest absolute Gasteiger partial charge is 0.493 e. The summed E-state index contributed by atoms with van der Waals surface area (Å²) in [4.78, 5) is 17.0. The molecule has 8 nitrogen and oxygen atoms in total. The number of aromatic amines is 1. The number of fused-ring (bicyclic) bond motifs is 2. The Bertz CT molecular complexity index is 1410. The van der Waals surface area contributed by atoms with E-state index in [0.717, 1.165) is 64.6 Å². The van der Waals surface area contributed by atoms with Gasteiger partial charge in [-0.2, -0.15) is 0 Å². The summed E-state index contributed by atoms with van der Waals surface area (Å²) in [6.45, 7) is 3.38. The number of nitrogens with zero attached hydrogens (tertiary/aromatic N) is 1. The van der Waals surface area contributed by atoms with Gasteiger partial charge in [-0.15, -0.1) is 0 Å². The molecular formula is C29H30N2O6. The van der Waals surface area contributed by atoms with Crippen LogP contribution in [0.2, 0.25) is 0 Å². The van der Waals surface area contributed by atoms with Gasteiger partial charge in [0.1, 0.15) is 5.75 Å². The summed E-state index contributed by atoms with van der Waals surface area (Å²) >= 11 is 0. The summed E-state index contributed by atoms with van der Waals surface area (Å²) in [5.74, 6) is 0.669. The molecule has 37 heavy (non-hydrogen) atoms. The molecule has 3 aromatic carbocycles. The Balaban J connectivity index is 1.20. The van der Waals surface area contributed by atoms with E-state index in [1.165, 1.54) is 0 Å². The number of carboxylic acid groups (broad SMARTS) is 1. The lowest BCUT2D eigenvalue weighted by Gasteiger charge is -2.38. The van der Waals surface area contributed by atoms with Crippen molar-refractivity contribution in [3.8, 4) is 11.6 Å². The largest absolute Gasteiger partial charge is 0.512 e. The van der Waals surface area contributed by atoms with Crippen molar-refractivity contribution in [3.05, 3.63) is 66.2 Å². The topological polar surface area (TPSA) is 93.3 Å². The Labute approximate surface area is 214 Å². The molecule has 0 radical (unpaired) electrons. The van der Waals surface area contributed by atoms with Crippen LogP contribution in [0.25, 0.3) is 21.7 Å². The Morgan fingerprint density at radius 1 is 0.973 bits per heavy atom. The Kier molecular flexibility index (Phi) is 6.36. The summed E-state index contributed by atoms with van der Waals surface area (Å²) in [5, 5.41) is 12.5. The number of aromatic nitrogens is 1. The summed E-state index contributed by atoms with van der Waals surface area (Å²) in [6.07, 6.45) is 1.57. The van der Waals surface area contributed by atoms with E-state index in [2.05, 4.69) is 34.1 Å². The predicted octanol–water partition coefficient (Wildman–Crippen LogP) is 5.73. The minimum atomic E-state index is -1.34. The highest BCUT2D eigenvalue weighted by atomic mass is 16.7. The second-order valence-corrected chi connectivity index (χ2v) is 9.52. The molecule has 6 rings (SSSR count). The van der Waals surface area contributed by atoms with E-state index in [1.54, 1.807) is 0 Å². The average molecular weight is 503 g/mol. The van der Waals surface area contributed by atoms with Gasteiger partial charge in [-0.05, 0) is 30.4 Å². The summed E-state index contributed by atoms with van der Waals surface area (Å²) in [6, 6.07) is 20.3. The fourth-order valence-electron chi connectivity index (χ4n) is 5.55. The Hall–Kier alpha value is -3.75. The normalized spacial score (nSPS) is 17.0. The first-order chi connectivity index (χ1) is 18.1. The van der Waals surface area contributed by atoms with Crippen molar-refractivity contribution in [2.24, 2.45) is 0 Å². The highest BCUT2D eigenvalue weighted by Gasteiger charge is 2.40. The van der Waals surface area contributed by atoms with Crippen molar-refractivity contribution in [3.63, 3.8) is 0 Å². The lowest BCUT2D eigenvalue weighted by Crippen LogP contribution is -2.45. The maximum absolute atomic E-state index is 11.5. The highest BCUT2D eigenvalue weighted by Crippen LogP contribution is 2.39. The van der Waals surface area contributed by atoms with Crippen molar-refractivity contribution in [1.29, 1.82) is 0 Å². The molecule has 0 atom stereocenters. The van der Waals surface area contributed by atoms with Crippen molar-refractivity contribution in [1.82, 2.24) is 4.98 Å². The molecule has 0 amide bonds. The van der Waals surface area contributed by atoms with Crippen LogP contribution in [-0.4, -0.2) is 54.9 Å². The third kappa shape index (κ3) is 4.70. The first-order valence-corrected chi connectivity index (χ1v) is 12.8. The Morgan fingerprint density at radius 3 is 2.51 bits per heavy atom. The van der Waals surface area contributed by atoms with E-state index in [4.69, 9.17) is 18.9 Å². The zero-order valence-corrected chi connectivity index (χ0v) is 20.6. The van der Waals surface area contributed by atoms with Gasteiger partial charge in [-0.1, -0.05) is 48.5 Å². The van der Waals surface area contributed by atoms with Crippen LogP contribution in [0.15, 0.2) is 60.7 Å². The highest BCUT2D eigenvalue weighted by molar-refractivity contribution is 5.96. The van der Waals surface area contributed by atoms with Gasteiger partial charge in [0.2, 0.25) is 5.88 Å². The van der Waals surface area contributed by atoms with E-state index >= 15 is 0 Å². The van der Waals surface area contributed by atoms with Crippen molar-refractivity contribution < 1.29 is 28.8 Å². The summed E-state index contributed by atoms with van der Waals surface area (Å²) in [5.41, 5.74) is 2.75. The molecule has 0 saturated carbocycles. The summed E-state index contributed by atoms with van der Waals surface area (Å²) < 4.78 is 23.1. The SMILES string of the molecule is O=C(O)Oc1[nH]c2c(N3CCC4(CC3)OCCO4)cccc2c1CCCOc1cccc2ccccc12. The third-order valence-electron chi connectivity index (χ3n) is 7.33. The quantitative estimate of drug-likeness (QED) is 0.246. The monoisotopic (exact) mass is 502 g/mol. The van der Waals surface area contributed by atoms with Crippen molar-refractivity contribution in [2.45, 2.75) is 31.5 Å². The molecule has 192 valence electrons. The fourth-order valence-corrected chi connectivity index (χ4v) is 5.55. The minimum Gasteiger partial charge on any atom is -0.493 e. The molecule has 2 saturated heterocycles. The second kappa shape index (κ2) is 9.95. The van der Waals surface area contributed by atoms with Gasteiger partial charge in [0.15, 0.2) is 5.79 Å². The molecule has 2 N–H and O–H groups in total. The number of hydrogen-bond donors (Lipinski definition) is 2. The molecule has 4 aromatic rings. The standard InChI is InChI=1S/C29H30N2O6/c32-28(33)37-27-23(10-5-17-34-25-12-3-7-20-6-1-2-8-21(20)25)22-9-4-11-24(26(22)30-27)31-15-13-29(14-16-31)35-18-19-36-29/h1-4,6-9,11-12,30H,5,10,13-19H2,(H,32,33). The number of hydrogen-bond acceptors (Lipinski definition) is 6.